The third-order valence-corrected chi connectivity index (χ3v) is 4.58. The maximum absolute atomic E-state index is 13.1. The van der Waals surface area contributed by atoms with Crippen LogP contribution in [-0.4, -0.2) is 31.3 Å². The fraction of sp³-hybridized carbons (Fsp3) is 0.0952. The van der Waals surface area contributed by atoms with E-state index in [1.807, 2.05) is 30.3 Å². The van der Waals surface area contributed by atoms with Gasteiger partial charge < -0.3 is 20.9 Å². The highest BCUT2D eigenvalue weighted by atomic mass is 16.2. The van der Waals surface area contributed by atoms with E-state index in [0.29, 0.717) is 34.4 Å². The molecule has 0 unspecified atom stereocenters. The van der Waals surface area contributed by atoms with Crippen molar-refractivity contribution in [2.24, 2.45) is 7.05 Å². The van der Waals surface area contributed by atoms with Gasteiger partial charge >= 0.3 is 6.03 Å². The van der Waals surface area contributed by atoms with Crippen LogP contribution in [0.3, 0.4) is 0 Å². The van der Waals surface area contributed by atoms with E-state index >= 15 is 0 Å². The summed E-state index contributed by atoms with van der Waals surface area (Å²) in [4.78, 5) is 37.5. The molecule has 1 aromatic carbocycles. The number of anilines is 2. The predicted octanol–water partition coefficient (Wildman–Crippen LogP) is 2.50. The number of amides is 2. The third-order valence-electron chi connectivity index (χ3n) is 4.58. The molecule has 4 N–H and O–H groups in total. The topological polar surface area (TPSA) is 128 Å². The molecule has 4 rings (SSSR count). The lowest BCUT2D eigenvalue weighted by Crippen LogP contribution is -2.28. The van der Waals surface area contributed by atoms with Crippen LogP contribution in [0.5, 0.6) is 0 Å². The monoisotopic (exact) mass is 401 g/mol. The van der Waals surface area contributed by atoms with Crippen molar-refractivity contribution in [3.05, 3.63) is 78.0 Å². The van der Waals surface area contributed by atoms with Crippen LogP contribution in [0.25, 0.3) is 11.0 Å². The van der Waals surface area contributed by atoms with Crippen molar-refractivity contribution in [2.45, 2.75) is 6.54 Å². The number of aryl methyl sites for hydroxylation is 1. The number of nitrogens with zero attached hydrogens (tertiary/aromatic N) is 4. The lowest BCUT2D eigenvalue weighted by atomic mass is 10.1. The molecule has 150 valence electrons. The van der Waals surface area contributed by atoms with Gasteiger partial charge in [-0.1, -0.05) is 30.3 Å². The fourth-order valence-corrected chi connectivity index (χ4v) is 3.15. The van der Waals surface area contributed by atoms with Crippen LogP contribution in [0.2, 0.25) is 0 Å². The molecule has 0 aliphatic carbocycles. The van der Waals surface area contributed by atoms with Gasteiger partial charge in [-0.05, 0) is 11.6 Å². The lowest BCUT2D eigenvalue weighted by molar-refractivity contribution is 0.103. The van der Waals surface area contributed by atoms with Crippen LogP contribution in [0, 0.1) is 0 Å². The third kappa shape index (κ3) is 3.81. The summed E-state index contributed by atoms with van der Waals surface area (Å²) in [6.07, 6.45) is 5.92. The Labute approximate surface area is 172 Å². The Balaban J connectivity index is 1.52. The first-order valence-corrected chi connectivity index (χ1v) is 9.17. The molecule has 0 spiro atoms. The minimum atomic E-state index is -0.395. The molecule has 2 amide bonds. The van der Waals surface area contributed by atoms with Crippen molar-refractivity contribution in [1.82, 2.24) is 24.8 Å². The number of nitrogens with two attached hydrogens (primary N) is 1. The molecule has 3 aromatic heterocycles. The Morgan fingerprint density at radius 3 is 2.73 bits per heavy atom. The molecule has 9 heteroatoms. The second-order valence-corrected chi connectivity index (χ2v) is 6.70. The second-order valence-electron chi connectivity index (χ2n) is 6.70. The molecule has 9 nitrogen and oxygen atoms in total. The smallest absolute Gasteiger partial charge is 0.319 e. The normalized spacial score (nSPS) is 10.7. The van der Waals surface area contributed by atoms with Gasteiger partial charge in [0.15, 0.2) is 5.78 Å². The Bertz CT molecular complexity index is 1230. The van der Waals surface area contributed by atoms with Crippen LogP contribution in [0.4, 0.5) is 16.3 Å². The van der Waals surface area contributed by atoms with Crippen molar-refractivity contribution in [3.63, 3.8) is 0 Å². The van der Waals surface area contributed by atoms with Gasteiger partial charge in [0.05, 0.1) is 22.8 Å². The fourth-order valence-electron chi connectivity index (χ4n) is 3.15. The number of aromatic nitrogens is 4. The summed E-state index contributed by atoms with van der Waals surface area (Å²) in [5.41, 5.74) is 8.59. The van der Waals surface area contributed by atoms with Crippen molar-refractivity contribution in [1.29, 1.82) is 0 Å². The summed E-state index contributed by atoms with van der Waals surface area (Å²) in [5.74, 6) is -0.0607. The van der Waals surface area contributed by atoms with E-state index in [1.165, 1.54) is 18.7 Å². The van der Waals surface area contributed by atoms with Gasteiger partial charge in [-0.25, -0.2) is 14.8 Å². The number of benzene rings is 1. The largest absolute Gasteiger partial charge is 0.383 e. The number of ketones is 1. The number of rotatable bonds is 5. The molecule has 0 radical (unpaired) electrons. The highest BCUT2D eigenvalue weighted by Crippen LogP contribution is 2.25. The van der Waals surface area contributed by atoms with E-state index in [2.05, 4.69) is 25.6 Å². The summed E-state index contributed by atoms with van der Waals surface area (Å²) in [6.45, 7) is 0.383. The molecule has 0 fully saturated rings. The molecule has 0 aliphatic rings. The van der Waals surface area contributed by atoms with E-state index in [-0.39, 0.29) is 11.6 Å². The average molecular weight is 401 g/mol. The number of nitrogen functional groups attached to an aromatic ring is 1. The van der Waals surface area contributed by atoms with Crippen molar-refractivity contribution in [2.75, 3.05) is 11.1 Å². The first kappa shape index (κ1) is 19.1. The van der Waals surface area contributed by atoms with E-state index in [4.69, 9.17) is 5.73 Å². The molecule has 0 aliphatic heterocycles. The van der Waals surface area contributed by atoms with Crippen LogP contribution in [0.1, 0.15) is 21.5 Å². The zero-order valence-electron chi connectivity index (χ0n) is 16.2. The van der Waals surface area contributed by atoms with Gasteiger partial charge in [0.25, 0.3) is 0 Å². The number of hydrogen-bond acceptors (Lipinski definition) is 6. The summed E-state index contributed by atoms with van der Waals surface area (Å²) >= 11 is 0. The average Bonchev–Trinajstić information content (AvgIpc) is 3.10. The predicted molar refractivity (Wildman–Crippen MR) is 113 cm³/mol. The Kier molecular flexibility index (Phi) is 5.08. The number of pyridine rings is 1. The first-order valence-electron chi connectivity index (χ1n) is 9.17. The molecular weight excluding hydrogens is 382 g/mol. The zero-order chi connectivity index (χ0) is 21.1. The van der Waals surface area contributed by atoms with Crippen LogP contribution in [-0.2, 0) is 13.6 Å². The van der Waals surface area contributed by atoms with E-state index in [1.54, 1.807) is 23.9 Å². The molecule has 4 aromatic rings. The first-order chi connectivity index (χ1) is 14.5. The molecule has 3 heterocycles. The quantitative estimate of drug-likeness (QED) is 0.441. The Morgan fingerprint density at radius 2 is 1.93 bits per heavy atom. The number of hydrogen-bond donors (Lipinski definition) is 3. The van der Waals surface area contributed by atoms with Gasteiger partial charge in [-0.2, -0.15) is 0 Å². The Morgan fingerprint density at radius 1 is 1.13 bits per heavy atom. The minimum absolute atomic E-state index is 0.228. The number of urea groups is 1. The molecule has 0 saturated carbocycles. The molecule has 0 saturated heterocycles. The van der Waals surface area contributed by atoms with Crippen molar-refractivity contribution in [3.8, 4) is 0 Å². The standard InChI is InChI=1S/C21H19N7O2/c1-28-11-16(17-19(22)25-12-26-20(17)28)18(29)14-7-15(10-23-9-14)27-21(30)24-8-13-5-3-2-4-6-13/h2-7,9-12H,8H2,1H3,(H2,22,25,26)(H2,24,27,30). The summed E-state index contributed by atoms with van der Waals surface area (Å²) in [5, 5.41) is 5.95. The van der Waals surface area contributed by atoms with Gasteiger partial charge in [0, 0.05) is 31.5 Å². The highest BCUT2D eigenvalue weighted by molar-refractivity contribution is 6.18. The van der Waals surface area contributed by atoms with Crippen LogP contribution >= 0.6 is 0 Å². The molecule has 0 atom stereocenters. The lowest BCUT2D eigenvalue weighted by Gasteiger charge is -2.08. The van der Waals surface area contributed by atoms with Crippen molar-refractivity contribution < 1.29 is 9.59 Å². The SMILES string of the molecule is Cn1cc(C(=O)c2cncc(NC(=O)NCc3ccccc3)c2)c2c(N)ncnc21. The molecular formula is C21H19N7O2. The minimum Gasteiger partial charge on any atom is -0.383 e. The van der Waals surface area contributed by atoms with E-state index < -0.39 is 6.03 Å². The van der Waals surface area contributed by atoms with Gasteiger partial charge in [0.1, 0.15) is 17.8 Å². The number of carbonyl (C=O) groups excluding carboxylic acids is 2. The zero-order valence-corrected chi connectivity index (χ0v) is 16.2. The summed E-state index contributed by atoms with van der Waals surface area (Å²) < 4.78 is 1.72. The second kappa shape index (κ2) is 8.00. The van der Waals surface area contributed by atoms with Gasteiger partial charge in [0.2, 0.25) is 0 Å². The summed E-state index contributed by atoms with van der Waals surface area (Å²) in [6, 6.07) is 10.7. The number of nitrogens with one attached hydrogen (secondary N) is 2. The molecule has 0 bridgehead atoms. The van der Waals surface area contributed by atoms with E-state index in [0.717, 1.165) is 5.56 Å². The van der Waals surface area contributed by atoms with Crippen molar-refractivity contribution >= 4 is 34.4 Å². The van der Waals surface area contributed by atoms with Gasteiger partial charge in [-0.15, -0.1) is 0 Å². The van der Waals surface area contributed by atoms with E-state index in [9.17, 15) is 9.59 Å². The maximum atomic E-state index is 13.1. The van der Waals surface area contributed by atoms with Crippen LogP contribution in [0.15, 0.2) is 61.3 Å². The maximum Gasteiger partial charge on any atom is 0.319 e. The van der Waals surface area contributed by atoms with Crippen LogP contribution < -0.4 is 16.4 Å². The summed E-state index contributed by atoms with van der Waals surface area (Å²) in [7, 11) is 1.78. The number of fused-ring (bicyclic) bond motifs is 1. The Hall–Kier alpha value is -4.27. The number of carbonyl (C=O) groups is 2. The molecule has 30 heavy (non-hydrogen) atoms. The van der Waals surface area contributed by atoms with Gasteiger partial charge in [-0.3, -0.25) is 9.78 Å². The highest BCUT2D eigenvalue weighted by Gasteiger charge is 2.20.